The van der Waals surface area contributed by atoms with Crippen molar-refractivity contribution >= 4 is 23.2 Å². The standard InChI is InChI=1S/C16H20Cl2FNO/c17-12-8-13(18)14(19)7-11(12)15-9-20-10-16(21-15)5-3-1-2-4-6-16/h7-8,15,20H,1-6,9-10H2. The number of morpholine rings is 1. The minimum absolute atomic E-state index is 0.0525. The van der Waals surface area contributed by atoms with Gasteiger partial charge < -0.3 is 10.1 Å². The number of hydrogen-bond donors (Lipinski definition) is 1. The number of nitrogens with one attached hydrogen (secondary N) is 1. The van der Waals surface area contributed by atoms with E-state index in [0.717, 1.165) is 19.4 Å². The molecule has 0 amide bonds. The lowest BCUT2D eigenvalue weighted by molar-refractivity contribution is -0.126. The highest BCUT2D eigenvalue weighted by molar-refractivity contribution is 6.35. The second-order valence-corrected chi connectivity index (χ2v) is 6.94. The highest BCUT2D eigenvalue weighted by atomic mass is 35.5. The van der Waals surface area contributed by atoms with Gasteiger partial charge in [-0.1, -0.05) is 48.9 Å². The van der Waals surface area contributed by atoms with Crippen LogP contribution in [0.5, 0.6) is 0 Å². The van der Waals surface area contributed by atoms with E-state index < -0.39 is 5.82 Å². The van der Waals surface area contributed by atoms with Gasteiger partial charge in [0.25, 0.3) is 0 Å². The van der Waals surface area contributed by atoms with Crippen LogP contribution in [0.25, 0.3) is 0 Å². The third-order valence-electron chi connectivity index (χ3n) is 4.57. The summed E-state index contributed by atoms with van der Waals surface area (Å²) in [6, 6.07) is 2.87. The first-order chi connectivity index (χ1) is 10.1. The lowest BCUT2D eigenvalue weighted by Crippen LogP contribution is -2.50. The average Bonchev–Trinajstić information content (AvgIpc) is 2.68. The molecule has 1 aromatic carbocycles. The molecule has 1 spiro atoms. The molecule has 1 aliphatic heterocycles. The predicted molar refractivity (Wildman–Crippen MR) is 83.5 cm³/mol. The molecule has 21 heavy (non-hydrogen) atoms. The molecule has 1 atom stereocenters. The SMILES string of the molecule is Fc1cc(C2CNCC3(CCCCCC3)O2)c(Cl)cc1Cl. The Labute approximate surface area is 135 Å². The second-order valence-electron chi connectivity index (χ2n) is 6.12. The number of ether oxygens (including phenoxy) is 1. The van der Waals surface area contributed by atoms with E-state index in [0.29, 0.717) is 17.1 Å². The first-order valence-electron chi connectivity index (χ1n) is 7.63. The maximum Gasteiger partial charge on any atom is 0.142 e. The Bertz CT molecular complexity index is 515. The van der Waals surface area contributed by atoms with Crippen molar-refractivity contribution in [1.29, 1.82) is 0 Å². The summed E-state index contributed by atoms with van der Waals surface area (Å²) < 4.78 is 20.1. The predicted octanol–water partition coefficient (Wildman–Crippen LogP) is 4.89. The highest BCUT2D eigenvalue weighted by Crippen LogP contribution is 2.39. The van der Waals surface area contributed by atoms with Crippen molar-refractivity contribution in [2.45, 2.75) is 50.2 Å². The zero-order valence-electron chi connectivity index (χ0n) is 11.9. The van der Waals surface area contributed by atoms with Gasteiger partial charge in [0.1, 0.15) is 5.82 Å². The van der Waals surface area contributed by atoms with E-state index in [4.69, 9.17) is 27.9 Å². The molecule has 1 saturated heterocycles. The van der Waals surface area contributed by atoms with Crippen molar-refractivity contribution in [2.75, 3.05) is 13.1 Å². The Hall–Kier alpha value is -0.350. The third kappa shape index (κ3) is 3.37. The summed E-state index contributed by atoms with van der Waals surface area (Å²) in [6.07, 6.45) is 6.83. The number of halogens is 3. The summed E-state index contributed by atoms with van der Waals surface area (Å²) in [7, 11) is 0. The summed E-state index contributed by atoms with van der Waals surface area (Å²) in [6.45, 7) is 1.53. The maximum absolute atomic E-state index is 13.7. The summed E-state index contributed by atoms with van der Waals surface area (Å²) in [5.41, 5.74) is 0.563. The smallest absolute Gasteiger partial charge is 0.142 e. The van der Waals surface area contributed by atoms with Gasteiger partial charge in [-0.3, -0.25) is 0 Å². The van der Waals surface area contributed by atoms with Crippen molar-refractivity contribution in [3.8, 4) is 0 Å². The minimum Gasteiger partial charge on any atom is -0.364 e. The highest BCUT2D eigenvalue weighted by Gasteiger charge is 2.38. The summed E-state index contributed by atoms with van der Waals surface area (Å²) >= 11 is 12.0. The summed E-state index contributed by atoms with van der Waals surface area (Å²) in [5.74, 6) is -0.444. The third-order valence-corrected chi connectivity index (χ3v) is 5.19. The molecule has 5 heteroatoms. The quantitative estimate of drug-likeness (QED) is 0.740. The molecule has 2 nitrogen and oxygen atoms in total. The average molecular weight is 332 g/mol. The Kier molecular flexibility index (Phi) is 4.75. The van der Waals surface area contributed by atoms with Gasteiger partial charge in [0.2, 0.25) is 0 Å². The Morgan fingerprint density at radius 3 is 2.52 bits per heavy atom. The van der Waals surface area contributed by atoms with E-state index in [1.54, 1.807) is 0 Å². The lowest BCUT2D eigenvalue weighted by Gasteiger charge is -2.42. The fourth-order valence-electron chi connectivity index (χ4n) is 3.44. The van der Waals surface area contributed by atoms with Crippen molar-refractivity contribution in [2.24, 2.45) is 0 Å². The fourth-order valence-corrected chi connectivity index (χ4v) is 3.95. The van der Waals surface area contributed by atoms with Crippen molar-refractivity contribution < 1.29 is 9.13 Å². The van der Waals surface area contributed by atoms with Crippen LogP contribution in [0.1, 0.15) is 50.2 Å². The van der Waals surface area contributed by atoms with Gasteiger partial charge in [-0.05, 0) is 25.0 Å². The number of benzene rings is 1. The number of hydrogen-bond acceptors (Lipinski definition) is 2. The molecule has 1 aromatic rings. The Morgan fingerprint density at radius 1 is 1.10 bits per heavy atom. The summed E-state index contributed by atoms with van der Waals surface area (Å²) in [4.78, 5) is 0. The van der Waals surface area contributed by atoms with Gasteiger partial charge in [0, 0.05) is 23.7 Å². The molecule has 2 aliphatic rings. The van der Waals surface area contributed by atoms with E-state index in [-0.39, 0.29) is 16.7 Å². The molecule has 1 saturated carbocycles. The van der Waals surface area contributed by atoms with Crippen LogP contribution in [-0.2, 0) is 4.74 Å². The van der Waals surface area contributed by atoms with Crippen LogP contribution >= 0.6 is 23.2 Å². The normalized spacial score (nSPS) is 25.8. The Balaban J connectivity index is 1.84. The van der Waals surface area contributed by atoms with E-state index in [1.807, 2.05) is 0 Å². The van der Waals surface area contributed by atoms with Gasteiger partial charge in [-0.2, -0.15) is 0 Å². The van der Waals surface area contributed by atoms with Gasteiger partial charge in [0.15, 0.2) is 0 Å². The van der Waals surface area contributed by atoms with Gasteiger partial charge in [-0.15, -0.1) is 0 Å². The van der Waals surface area contributed by atoms with Crippen molar-refractivity contribution in [1.82, 2.24) is 5.32 Å². The van der Waals surface area contributed by atoms with Crippen LogP contribution in [-0.4, -0.2) is 18.7 Å². The topological polar surface area (TPSA) is 21.3 Å². The van der Waals surface area contributed by atoms with Crippen LogP contribution in [0.15, 0.2) is 12.1 Å². The van der Waals surface area contributed by atoms with Gasteiger partial charge in [0.05, 0.1) is 16.7 Å². The van der Waals surface area contributed by atoms with Crippen LogP contribution in [0, 0.1) is 5.82 Å². The second kappa shape index (κ2) is 6.41. The number of rotatable bonds is 1. The van der Waals surface area contributed by atoms with Crippen molar-refractivity contribution in [3.05, 3.63) is 33.6 Å². The van der Waals surface area contributed by atoms with Crippen LogP contribution in [0.2, 0.25) is 10.0 Å². The zero-order chi connectivity index (χ0) is 14.9. The van der Waals surface area contributed by atoms with Gasteiger partial charge in [-0.25, -0.2) is 4.39 Å². The van der Waals surface area contributed by atoms with Crippen LogP contribution < -0.4 is 5.32 Å². The molecule has 0 bridgehead atoms. The molecule has 0 radical (unpaired) electrons. The van der Waals surface area contributed by atoms with Crippen LogP contribution in [0.3, 0.4) is 0 Å². The van der Waals surface area contributed by atoms with Gasteiger partial charge >= 0.3 is 0 Å². The monoisotopic (exact) mass is 331 g/mol. The molecule has 116 valence electrons. The molecular formula is C16H20Cl2FNO. The van der Waals surface area contributed by atoms with Crippen molar-refractivity contribution in [3.63, 3.8) is 0 Å². The van der Waals surface area contributed by atoms with E-state index >= 15 is 0 Å². The van der Waals surface area contributed by atoms with E-state index in [1.165, 1.54) is 37.8 Å². The van der Waals surface area contributed by atoms with E-state index in [9.17, 15) is 4.39 Å². The summed E-state index contributed by atoms with van der Waals surface area (Å²) in [5, 5.41) is 3.97. The minimum atomic E-state index is -0.444. The van der Waals surface area contributed by atoms with E-state index in [2.05, 4.69) is 5.32 Å². The fraction of sp³-hybridized carbons (Fsp3) is 0.625. The zero-order valence-corrected chi connectivity index (χ0v) is 13.4. The van der Waals surface area contributed by atoms with Crippen LogP contribution in [0.4, 0.5) is 4.39 Å². The molecule has 2 fully saturated rings. The lowest BCUT2D eigenvalue weighted by atomic mass is 9.91. The molecule has 1 heterocycles. The molecule has 1 N–H and O–H groups in total. The molecule has 0 aromatic heterocycles. The molecule has 1 aliphatic carbocycles. The largest absolute Gasteiger partial charge is 0.364 e. The first-order valence-corrected chi connectivity index (χ1v) is 8.38. The molecule has 1 unspecified atom stereocenters. The molecule has 3 rings (SSSR count). The maximum atomic E-state index is 13.7. The first kappa shape index (κ1) is 15.5. The Morgan fingerprint density at radius 2 is 1.81 bits per heavy atom. The molecular weight excluding hydrogens is 312 g/mol.